The molecule has 0 saturated carbocycles. The first kappa shape index (κ1) is 14.4. The highest BCUT2D eigenvalue weighted by Gasteiger charge is 2.21. The lowest BCUT2D eigenvalue weighted by molar-refractivity contribution is 0.453. The van der Waals surface area contributed by atoms with E-state index in [1.807, 2.05) is 6.20 Å². The van der Waals surface area contributed by atoms with Crippen LogP contribution in [0.5, 0.6) is 0 Å². The average Bonchev–Trinajstić information content (AvgIpc) is 2.47. The number of amidine groups is 1. The molecular weight excluding hydrogens is 250 g/mol. The molecule has 0 atom stereocenters. The molecule has 1 aromatic heterocycles. The standard InChI is InChI=1S/C15H23N5/c1-2-11-3-4-15(19-10-11)20-7-5-12(6-8-20)13(16)9-14(17)18/h3-4,9-10,12H,2,5-8,16H2,1H3,(H3,17,18). The lowest BCUT2D eigenvalue weighted by Crippen LogP contribution is -2.36. The minimum Gasteiger partial charge on any atom is -0.402 e. The van der Waals surface area contributed by atoms with Gasteiger partial charge in [0, 0.05) is 30.9 Å². The fraction of sp³-hybridized carbons (Fsp3) is 0.467. The molecule has 1 aliphatic rings. The molecule has 0 spiro atoms. The number of nitrogens with one attached hydrogen (secondary N) is 1. The molecule has 1 aliphatic heterocycles. The van der Waals surface area contributed by atoms with Crippen LogP contribution in [0.15, 0.2) is 30.1 Å². The van der Waals surface area contributed by atoms with Crippen molar-refractivity contribution in [2.75, 3.05) is 18.0 Å². The van der Waals surface area contributed by atoms with Crippen LogP contribution >= 0.6 is 0 Å². The normalized spacial score (nSPS) is 17.2. The van der Waals surface area contributed by atoms with Crippen LogP contribution in [0.2, 0.25) is 0 Å². The summed E-state index contributed by atoms with van der Waals surface area (Å²) in [7, 11) is 0. The van der Waals surface area contributed by atoms with Gasteiger partial charge in [-0.3, -0.25) is 5.41 Å². The van der Waals surface area contributed by atoms with Gasteiger partial charge >= 0.3 is 0 Å². The predicted octanol–water partition coefficient (Wildman–Crippen LogP) is 1.64. The summed E-state index contributed by atoms with van der Waals surface area (Å²) in [5, 5.41) is 7.26. The van der Waals surface area contributed by atoms with Crippen molar-refractivity contribution >= 4 is 11.7 Å². The fourth-order valence-corrected chi connectivity index (χ4v) is 2.55. The second-order valence-corrected chi connectivity index (χ2v) is 5.24. The first-order valence-corrected chi connectivity index (χ1v) is 7.11. The van der Waals surface area contributed by atoms with Crippen LogP contribution in [0.3, 0.4) is 0 Å². The van der Waals surface area contributed by atoms with Gasteiger partial charge in [-0.2, -0.15) is 0 Å². The van der Waals surface area contributed by atoms with Crippen LogP contribution in [0.1, 0.15) is 25.3 Å². The lowest BCUT2D eigenvalue weighted by Gasteiger charge is -2.33. The molecule has 0 aliphatic carbocycles. The molecule has 0 bridgehead atoms. The zero-order chi connectivity index (χ0) is 14.5. The quantitative estimate of drug-likeness (QED) is 0.574. The minimum absolute atomic E-state index is 0.0294. The Morgan fingerprint density at radius 2 is 2.10 bits per heavy atom. The van der Waals surface area contributed by atoms with E-state index in [0.29, 0.717) is 5.92 Å². The van der Waals surface area contributed by atoms with E-state index in [0.717, 1.165) is 43.9 Å². The van der Waals surface area contributed by atoms with Gasteiger partial charge in [-0.25, -0.2) is 4.98 Å². The number of aryl methyl sites for hydroxylation is 1. The van der Waals surface area contributed by atoms with Crippen LogP contribution in [0, 0.1) is 11.3 Å². The number of anilines is 1. The molecule has 2 heterocycles. The molecule has 1 saturated heterocycles. The van der Waals surface area contributed by atoms with Crippen LogP contribution in [-0.4, -0.2) is 23.9 Å². The fourth-order valence-electron chi connectivity index (χ4n) is 2.55. The first-order chi connectivity index (χ1) is 9.60. The van der Waals surface area contributed by atoms with E-state index >= 15 is 0 Å². The van der Waals surface area contributed by atoms with Crippen molar-refractivity contribution in [1.29, 1.82) is 5.41 Å². The van der Waals surface area contributed by atoms with Gasteiger partial charge in [-0.05, 0) is 37.0 Å². The molecule has 1 aromatic rings. The maximum atomic E-state index is 7.26. The van der Waals surface area contributed by atoms with Gasteiger partial charge < -0.3 is 16.4 Å². The van der Waals surface area contributed by atoms with Crippen molar-refractivity contribution < 1.29 is 0 Å². The number of pyridine rings is 1. The maximum absolute atomic E-state index is 7.26. The Kier molecular flexibility index (Phi) is 4.61. The van der Waals surface area contributed by atoms with Gasteiger partial charge in [0.05, 0.1) is 0 Å². The number of nitrogens with two attached hydrogens (primary N) is 2. The monoisotopic (exact) mass is 273 g/mol. The van der Waals surface area contributed by atoms with E-state index in [2.05, 4.69) is 28.9 Å². The number of piperidine rings is 1. The zero-order valence-electron chi connectivity index (χ0n) is 12.0. The Bertz CT molecular complexity index is 483. The molecule has 0 radical (unpaired) electrons. The Hall–Kier alpha value is -2.04. The highest BCUT2D eigenvalue weighted by atomic mass is 15.2. The summed E-state index contributed by atoms with van der Waals surface area (Å²) in [5.74, 6) is 1.39. The highest BCUT2D eigenvalue weighted by Crippen LogP contribution is 2.25. The third-order valence-corrected chi connectivity index (χ3v) is 3.83. The lowest BCUT2D eigenvalue weighted by atomic mass is 9.93. The predicted molar refractivity (Wildman–Crippen MR) is 82.7 cm³/mol. The molecule has 5 N–H and O–H groups in total. The molecule has 0 aromatic carbocycles. The number of nitrogens with zero attached hydrogens (tertiary/aromatic N) is 2. The topological polar surface area (TPSA) is 92.0 Å². The van der Waals surface area contributed by atoms with Gasteiger partial charge in [0.1, 0.15) is 11.7 Å². The SMILES string of the molecule is CCc1ccc(N2CCC(C(N)=CC(=N)N)CC2)nc1. The van der Waals surface area contributed by atoms with Gasteiger partial charge in [-0.15, -0.1) is 0 Å². The van der Waals surface area contributed by atoms with E-state index in [-0.39, 0.29) is 5.84 Å². The van der Waals surface area contributed by atoms with E-state index in [1.165, 1.54) is 5.56 Å². The molecule has 1 fully saturated rings. The first-order valence-electron chi connectivity index (χ1n) is 7.11. The Labute approximate surface area is 120 Å². The number of hydrogen-bond donors (Lipinski definition) is 3. The third-order valence-electron chi connectivity index (χ3n) is 3.83. The van der Waals surface area contributed by atoms with Gasteiger partial charge in [-0.1, -0.05) is 13.0 Å². The van der Waals surface area contributed by atoms with Crippen LogP contribution in [0.25, 0.3) is 0 Å². The van der Waals surface area contributed by atoms with Gasteiger partial charge in [0.15, 0.2) is 0 Å². The minimum atomic E-state index is 0.0294. The molecule has 108 valence electrons. The van der Waals surface area contributed by atoms with Crippen molar-refractivity contribution in [2.45, 2.75) is 26.2 Å². The number of hydrogen-bond acceptors (Lipinski definition) is 4. The number of aromatic nitrogens is 1. The summed E-state index contributed by atoms with van der Waals surface area (Å²) in [6, 6.07) is 4.23. The Balaban J connectivity index is 1.95. The van der Waals surface area contributed by atoms with Crippen LogP contribution < -0.4 is 16.4 Å². The number of rotatable bonds is 4. The summed E-state index contributed by atoms with van der Waals surface area (Å²) in [6.07, 6.45) is 6.49. The van der Waals surface area contributed by atoms with Gasteiger partial charge in [0.25, 0.3) is 0 Å². The summed E-state index contributed by atoms with van der Waals surface area (Å²) < 4.78 is 0. The molecular formula is C15H23N5. The molecule has 5 heteroatoms. The summed E-state index contributed by atoms with van der Waals surface area (Å²) in [4.78, 5) is 6.81. The molecule has 0 unspecified atom stereocenters. The summed E-state index contributed by atoms with van der Waals surface area (Å²) >= 11 is 0. The molecule has 5 nitrogen and oxygen atoms in total. The Morgan fingerprint density at radius 1 is 1.40 bits per heavy atom. The molecule has 0 amide bonds. The van der Waals surface area contributed by atoms with Crippen molar-refractivity contribution in [1.82, 2.24) is 4.98 Å². The third kappa shape index (κ3) is 3.50. The smallest absolute Gasteiger partial charge is 0.128 e. The second-order valence-electron chi connectivity index (χ2n) is 5.24. The van der Waals surface area contributed by atoms with Crippen LogP contribution in [-0.2, 0) is 6.42 Å². The average molecular weight is 273 g/mol. The second kappa shape index (κ2) is 6.41. The number of allylic oxidation sites excluding steroid dienone is 1. The van der Waals surface area contributed by atoms with Crippen molar-refractivity contribution in [3.8, 4) is 0 Å². The van der Waals surface area contributed by atoms with Crippen molar-refractivity contribution in [3.63, 3.8) is 0 Å². The zero-order valence-corrected chi connectivity index (χ0v) is 12.0. The largest absolute Gasteiger partial charge is 0.402 e. The van der Waals surface area contributed by atoms with Crippen molar-refractivity contribution in [3.05, 3.63) is 35.7 Å². The van der Waals surface area contributed by atoms with E-state index < -0.39 is 0 Å². The van der Waals surface area contributed by atoms with E-state index in [1.54, 1.807) is 6.08 Å². The van der Waals surface area contributed by atoms with E-state index in [9.17, 15) is 0 Å². The Morgan fingerprint density at radius 3 is 2.60 bits per heavy atom. The molecule has 20 heavy (non-hydrogen) atoms. The highest BCUT2D eigenvalue weighted by molar-refractivity contribution is 5.89. The van der Waals surface area contributed by atoms with Crippen molar-refractivity contribution in [2.24, 2.45) is 17.4 Å². The maximum Gasteiger partial charge on any atom is 0.128 e. The summed E-state index contributed by atoms with van der Waals surface area (Å²) in [6.45, 7) is 4.01. The summed E-state index contributed by atoms with van der Waals surface area (Å²) in [5.41, 5.74) is 13.3. The van der Waals surface area contributed by atoms with E-state index in [4.69, 9.17) is 16.9 Å². The van der Waals surface area contributed by atoms with Crippen LogP contribution in [0.4, 0.5) is 5.82 Å². The molecule has 2 rings (SSSR count). The van der Waals surface area contributed by atoms with Gasteiger partial charge in [0.2, 0.25) is 0 Å².